The molecular weight excluding hydrogens is 336 g/mol. The van der Waals surface area contributed by atoms with E-state index in [4.69, 9.17) is 11.6 Å². The molecule has 0 radical (unpaired) electrons. The minimum atomic E-state index is -0.430. The maximum atomic E-state index is 12.3. The average Bonchev–Trinajstić information content (AvgIpc) is 2.45. The standard InChI is InChI=1S/C14H18ClN3O2.Ni/c1-9(19)18-5-3-10(4-6-18)12-7-11(8-15)13(16)17(2)14(12)20;/h7-8,10-11H,3-6H2,1-2H3;/q-2;+2. The van der Waals surface area contributed by atoms with Crippen molar-refractivity contribution < 1.29 is 26.1 Å². The Labute approximate surface area is 140 Å². The summed E-state index contributed by atoms with van der Waals surface area (Å²) in [7, 11) is 1.54. The van der Waals surface area contributed by atoms with Gasteiger partial charge in [0.05, 0.1) is 0 Å². The zero-order chi connectivity index (χ0) is 14.9. The molecular formula is C14H18ClN3NiO2. The van der Waals surface area contributed by atoms with E-state index in [1.54, 1.807) is 24.9 Å². The number of nitrogens with zero attached hydrogens (tertiary/aromatic N) is 3. The van der Waals surface area contributed by atoms with Crippen LogP contribution >= 0.6 is 11.6 Å². The smallest absolute Gasteiger partial charge is 0.470 e. The molecule has 118 valence electrons. The Morgan fingerprint density at radius 3 is 2.48 bits per heavy atom. The number of halogens is 1. The van der Waals surface area contributed by atoms with Gasteiger partial charge in [-0.1, -0.05) is 13.1 Å². The van der Waals surface area contributed by atoms with Gasteiger partial charge in [-0.15, -0.1) is 11.8 Å². The number of likely N-dealkylation sites (N-methyl/N-ethyl adjacent to an activating group) is 1. The van der Waals surface area contributed by atoms with Gasteiger partial charge in [-0.25, -0.2) is 5.88 Å². The van der Waals surface area contributed by atoms with Gasteiger partial charge in [-0.05, 0) is 24.3 Å². The molecule has 0 N–H and O–H groups in total. The summed E-state index contributed by atoms with van der Waals surface area (Å²) >= 11 is 5.72. The normalized spacial score (nSPS) is 23.8. The van der Waals surface area contributed by atoms with Gasteiger partial charge in [0.1, 0.15) is 0 Å². The van der Waals surface area contributed by atoms with Crippen molar-refractivity contribution in [3.8, 4) is 0 Å². The number of rotatable bonds is 2. The second-order valence-electron chi connectivity index (χ2n) is 5.28. The third-order valence-electron chi connectivity index (χ3n) is 4.07. The fraction of sp³-hybridized carbons (Fsp3) is 0.571. The van der Waals surface area contributed by atoms with E-state index in [9.17, 15) is 15.0 Å². The summed E-state index contributed by atoms with van der Waals surface area (Å²) in [4.78, 5) is 26.6. The van der Waals surface area contributed by atoms with E-state index in [1.165, 1.54) is 10.8 Å². The number of piperidine rings is 1. The minimum absolute atomic E-state index is 0. The van der Waals surface area contributed by atoms with Crippen molar-refractivity contribution in [1.29, 1.82) is 0 Å². The molecule has 7 heteroatoms. The summed E-state index contributed by atoms with van der Waals surface area (Å²) in [6, 6.07) is 0. The Hall–Kier alpha value is -0.866. The van der Waals surface area contributed by atoms with Crippen LogP contribution in [0.5, 0.6) is 0 Å². The molecule has 1 unspecified atom stereocenters. The molecule has 0 aromatic carbocycles. The molecule has 1 atom stereocenters. The predicted molar refractivity (Wildman–Crippen MR) is 77.8 cm³/mol. The predicted octanol–water partition coefficient (Wildman–Crippen LogP) is 1.63. The molecule has 2 rings (SSSR count). The number of carbonyl (C=O) groups is 2. The Balaban J connectivity index is 0.00000220. The SMILES string of the molecule is CC(=O)N1CCC(C2=CC([CH-]Cl)C(=[N-])N(C)C2=O)CC1.[Ni+2]. The molecule has 0 spiro atoms. The van der Waals surface area contributed by atoms with E-state index in [0.29, 0.717) is 18.7 Å². The van der Waals surface area contributed by atoms with Crippen LogP contribution < -0.4 is 0 Å². The fourth-order valence-corrected chi connectivity index (χ4v) is 2.95. The zero-order valence-corrected chi connectivity index (χ0v) is 13.7. The van der Waals surface area contributed by atoms with Crippen LogP contribution in [-0.4, -0.2) is 47.6 Å². The molecule has 5 nitrogen and oxygen atoms in total. The summed E-state index contributed by atoms with van der Waals surface area (Å²) in [5.41, 5.74) is 0.690. The molecule has 0 aromatic rings. The summed E-state index contributed by atoms with van der Waals surface area (Å²) in [6.45, 7) is 2.89. The van der Waals surface area contributed by atoms with Gasteiger partial charge in [-0.2, -0.15) is 0 Å². The molecule has 1 fully saturated rings. The second kappa shape index (κ2) is 7.41. The van der Waals surface area contributed by atoms with Crippen molar-refractivity contribution in [3.63, 3.8) is 0 Å². The van der Waals surface area contributed by atoms with Crippen molar-refractivity contribution in [2.75, 3.05) is 20.1 Å². The van der Waals surface area contributed by atoms with Crippen LogP contribution in [0.3, 0.4) is 0 Å². The summed E-state index contributed by atoms with van der Waals surface area (Å²) in [6.07, 6.45) is 3.26. The van der Waals surface area contributed by atoms with Gasteiger partial charge in [0, 0.05) is 20.0 Å². The molecule has 0 saturated carbocycles. The minimum Gasteiger partial charge on any atom is -0.470 e. The molecule has 2 aliphatic heterocycles. The third kappa shape index (κ3) is 3.67. The van der Waals surface area contributed by atoms with E-state index < -0.39 is 5.92 Å². The van der Waals surface area contributed by atoms with Crippen LogP contribution in [0, 0.1) is 17.7 Å². The Bertz CT molecular complexity index is 473. The average molecular weight is 354 g/mol. The molecule has 21 heavy (non-hydrogen) atoms. The summed E-state index contributed by atoms with van der Waals surface area (Å²) < 4.78 is 0. The van der Waals surface area contributed by atoms with Crippen LogP contribution in [0.15, 0.2) is 11.6 Å². The first-order chi connectivity index (χ1) is 9.45. The van der Waals surface area contributed by atoms with Gasteiger partial charge in [0.25, 0.3) is 0 Å². The number of hydrogen-bond donors (Lipinski definition) is 0. The van der Waals surface area contributed by atoms with E-state index in [1.807, 2.05) is 0 Å². The molecule has 2 heterocycles. The Morgan fingerprint density at radius 2 is 2.00 bits per heavy atom. The number of carbonyl (C=O) groups excluding carboxylic acids is 2. The van der Waals surface area contributed by atoms with E-state index in [0.717, 1.165) is 12.8 Å². The van der Waals surface area contributed by atoms with Crippen molar-refractivity contribution in [2.24, 2.45) is 11.8 Å². The number of amidine groups is 1. The second-order valence-corrected chi connectivity index (χ2v) is 5.53. The monoisotopic (exact) mass is 353 g/mol. The van der Waals surface area contributed by atoms with Crippen molar-refractivity contribution in [1.82, 2.24) is 9.80 Å². The first-order valence-corrected chi connectivity index (χ1v) is 7.14. The van der Waals surface area contributed by atoms with Gasteiger partial charge < -0.3 is 26.8 Å². The van der Waals surface area contributed by atoms with Crippen LogP contribution in [0.25, 0.3) is 5.41 Å². The Kier molecular flexibility index (Phi) is 6.42. The van der Waals surface area contributed by atoms with E-state index in [-0.39, 0.29) is 40.1 Å². The first kappa shape index (κ1) is 18.2. The zero-order valence-electron chi connectivity index (χ0n) is 12.0. The van der Waals surface area contributed by atoms with E-state index >= 15 is 0 Å². The Morgan fingerprint density at radius 1 is 1.43 bits per heavy atom. The fourth-order valence-electron chi connectivity index (χ4n) is 2.77. The molecule has 0 aliphatic carbocycles. The van der Waals surface area contributed by atoms with Crippen LogP contribution in [0.2, 0.25) is 0 Å². The van der Waals surface area contributed by atoms with E-state index in [2.05, 4.69) is 0 Å². The summed E-state index contributed by atoms with van der Waals surface area (Å²) in [5.74, 6) is 0.882. The van der Waals surface area contributed by atoms with Crippen molar-refractivity contribution in [2.45, 2.75) is 19.8 Å². The quantitative estimate of drug-likeness (QED) is 0.559. The van der Waals surface area contributed by atoms with Gasteiger partial charge in [0.2, 0.25) is 5.91 Å². The number of amides is 2. The van der Waals surface area contributed by atoms with Gasteiger partial charge >= 0.3 is 16.5 Å². The van der Waals surface area contributed by atoms with Crippen molar-refractivity contribution in [3.05, 3.63) is 22.9 Å². The van der Waals surface area contributed by atoms with Crippen molar-refractivity contribution >= 4 is 29.3 Å². The maximum absolute atomic E-state index is 12.3. The molecule has 1 saturated heterocycles. The molecule has 0 bridgehead atoms. The third-order valence-corrected chi connectivity index (χ3v) is 4.34. The topological polar surface area (TPSA) is 62.9 Å². The maximum Gasteiger partial charge on any atom is 2.00 e. The summed E-state index contributed by atoms with van der Waals surface area (Å²) in [5, 5.41) is 9.85. The van der Waals surface area contributed by atoms with Crippen LogP contribution in [0.4, 0.5) is 0 Å². The molecule has 2 aliphatic rings. The molecule has 2 amide bonds. The molecule has 0 aromatic heterocycles. The van der Waals surface area contributed by atoms with Crippen LogP contribution in [0.1, 0.15) is 19.8 Å². The largest absolute Gasteiger partial charge is 2.00 e. The first-order valence-electron chi connectivity index (χ1n) is 6.70. The van der Waals surface area contributed by atoms with Gasteiger partial charge in [0.15, 0.2) is 5.91 Å². The number of likely N-dealkylation sites (tertiary alicyclic amines) is 1. The van der Waals surface area contributed by atoms with Gasteiger partial charge in [-0.3, -0.25) is 9.59 Å². The number of hydrogen-bond acceptors (Lipinski definition) is 2. The van der Waals surface area contributed by atoms with Crippen LogP contribution in [-0.2, 0) is 26.1 Å².